The Hall–Kier alpha value is -3.35. The third-order valence-electron chi connectivity index (χ3n) is 6.49. The van der Waals surface area contributed by atoms with E-state index in [4.69, 9.17) is 16.3 Å². The molecule has 188 valence electrons. The zero-order chi connectivity index (χ0) is 25.5. The number of fused-ring (bicyclic) bond motifs is 1. The Morgan fingerprint density at radius 3 is 2.67 bits per heavy atom. The number of rotatable bonds is 8. The lowest BCUT2D eigenvalue weighted by molar-refractivity contribution is 0.245. The highest BCUT2D eigenvalue weighted by molar-refractivity contribution is 6.31. The van der Waals surface area contributed by atoms with Crippen molar-refractivity contribution >= 4 is 17.4 Å². The molecule has 4 rings (SSSR count). The van der Waals surface area contributed by atoms with Gasteiger partial charge in [-0.2, -0.15) is 0 Å². The lowest BCUT2D eigenvalue weighted by Crippen LogP contribution is -2.31. The summed E-state index contributed by atoms with van der Waals surface area (Å²) in [6, 6.07) is 17.0. The highest BCUT2D eigenvalue weighted by atomic mass is 35.5. The standard InChI is InChI=1S/C29H32ClFN4O/c1-20-24-13-16-35(18-22(24)9-12-25(20)29(33-3)34-15-14-32-2)17-21-7-10-23(11-8-21)36-19-26-27(30)5-4-6-28(26)31/h4-12,14-15,32H,13,16-19H2,1-3H3,(H,33,34)/b15-14+. The largest absolute Gasteiger partial charge is 0.489 e. The van der Waals surface area contributed by atoms with E-state index in [2.05, 4.69) is 51.7 Å². The Labute approximate surface area is 217 Å². The van der Waals surface area contributed by atoms with Gasteiger partial charge in [0.05, 0.1) is 5.02 Å². The van der Waals surface area contributed by atoms with Crippen molar-refractivity contribution in [2.24, 2.45) is 4.99 Å². The Morgan fingerprint density at radius 2 is 1.94 bits per heavy atom. The first-order chi connectivity index (χ1) is 17.5. The van der Waals surface area contributed by atoms with Crippen molar-refractivity contribution in [3.05, 3.63) is 111 Å². The first-order valence-electron chi connectivity index (χ1n) is 12.0. The smallest absolute Gasteiger partial charge is 0.132 e. The van der Waals surface area contributed by atoms with Crippen LogP contribution < -0.4 is 15.4 Å². The van der Waals surface area contributed by atoms with Gasteiger partial charge in [-0.3, -0.25) is 9.89 Å². The number of ether oxygens (including phenoxy) is 1. The van der Waals surface area contributed by atoms with Gasteiger partial charge in [0.15, 0.2) is 0 Å². The minimum absolute atomic E-state index is 0.0981. The summed E-state index contributed by atoms with van der Waals surface area (Å²) in [7, 11) is 3.67. The fourth-order valence-electron chi connectivity index (χ4n) is 4.53. The van der Waals surface area contributed by atoms with Crippen LogP contribution in [0.5, 0.6) is 5.75 Å². The fraction of sp³-hybridized carbons (Fsp3) is 0.276. The zero-order valence-corrected chi connectivity index (χ0v) is 21.7. The third-order valence-corrected chi connectivity index (χ3v) is 6.84. The molecule has 36 heavy (non-hydrogen) atoms. The van der Waals surface area contributed by atoms with Gasteiger partial charge < -0.3 is 15.4 Å². The molecule has 0 saturated heterocycles. The van der Waals surface area contributed by atoms with Gasteiger partial charge in [0.1, 0.15) is 24.0 Å². The van der Waals surface area contributed by atoms with E-state index < -0.39 is 0 Å². The average molecular weight is 507 g/mol. The lowest BCUT2D eigenvalue weighted by atomic mass is 9.91. The molecule has 0 aliphatic carbocycles. The van der Waals surface area contributed by atoms with Crippen molar-refractivity contribution < 1.29 is 9.13 Å². The first kappa shape index (κ1) is 25.7. The van der Waals surface area contributed by atoms with E-state index in [1.54, 1.807) is 12.1 Å². The molecule has 0 saturated carbocycles. The van der Waals surface area contributed by atoms with Crippen LogP contribution in [0.2, 0.25) is 5.02 Å². The second-order valence-electron chi connectivity index (χ2n) is 8.81. The van der Waals surface area contributed by atoms with Gasteiger partial charge in [-0.05, 0) is 59.9 Å². The molecule has 3 aromatic carbocycles. The molecule has 0 spiro atoms. The second-order valence-corrected chi connectivity index (χ2v) is 9.22. The normalized spacial score (nSPS) is 14.1. The van der Waals surface area contributed by atoms with E-state index in [1.165, 1.54) is 28.3 Å². The van der Waals surface area contributed by atoms with Gasteiger partial charge in [0.2, 0.25) is 0 Å². The maximum Gasteiger partial charge on any atom is 0.132 e. The maximum atomic E-state index is 14.0. The average Bonchev–Trinajstić information content (AvgIpc) is 2.88. The van der Waals surface area contributed by atoms with Gasteiger partial charge in [-0.25, -0.2) is 4.39 Å². The van der Waals surface area contributed by atoms with Crippen molar-refractivity contribution in [2.75, 3.05) is 20.6 Å². The monoisotopic (exact) mass is 506 g/mol. The highest BCUT2D eigenvalue weighted by Gasteiger charge is 2.20. The van der Waals surface area contributed by atoms with E-state index >= 15 is 0 Å². The van der Waals surface area contributed by atoms with Crippen molar-refractivity contribution in [1.82, 2.24) is 15.5 Å². The summed E-state index contributed by atoms with van der Waals surface area (Å²) in [5, 5.41) is 6.62. The summed E-state index contributed by atoms with van der Waals surface area (Å²) in [5.74, 6) is 1.20. The van der Waals surface area contributed by atoms with Gasteiger partial charge in [0, 0.05) is 57.3 Å². The van der Waals surface area contributed by atoms with Crippen LogP contribution >= 0.6 is 11.6 Å². The molecule has 7 heteroatoms. The molecule has 0 amide bonds. The minimum Gasteiger partial charge on any atom is -0.489 e. The third kappa shape index (κ3) is 6.07. The molecule has 1 heterocycles. The number of nitrogens with one attached hydrogen (secondary N) is 2. The zero-order valence-electron chi connectivity index (χ0n) is 20.9. The van der Waals surface area contributed by atoms with Crippen molar-refractivity contribution in [1.29, 1.82) is 0 Å². The molecule has 0 bridgehead atoms. The fourth-order valence-corrected chi connectivity index (χ4v) is 4.75. The van der Waals surface area contributed by atoms with Crippen LogP contribution in [0.1, 0.15) is 33.4 Å². The molecule has 1 aliphatic rings. The summed E-state index contributed by atoms with van der Waals surface area (Å²) in [6.07, 6.45) is 4.70. The topological polar surface area (TPSA) is 48.9 Å². The van der Waals surface area contributed by atoms with Gasteiger partial charge >= 0.3 is 0 Å². The number of hydrogen-bond donors (Lipinski definition) is 2. The molecule has 0 unspecified atom stereocenters. The van der Waals surface area contributed by atoms with Gasteiger partial charge in [0.25, 0.3) is 0 Å². The number of benzene rings is 3. The SMILES string of the molecule is CN=C(N/C=C/NC)c1ccc2c(c1C)CCN(Cc1ccc(OCc3c(F)cccc3Cl)cc1)C2. The number of nitrogens with zero attached hydrogens (tertiary/aromatic N) is 2. The van der Waals surface area contributed by atoms with Crippen LogP contribution in [0.25, 0.3) is 0 Å². The minimum atomic E-state index is -0.355. The Morgan fingerprint density at radius 1 is 1.14 bits per heavy atom. The highest BCUT2D eigenvalue weighted by Crippen LogP contribution is 2.27. The summed E-state index contributed by atoms with van der Waals surface area (Å²) in [5.41, 5.74) is 6.79. The van der Waals surface area contributed by atoms with Crippen molar-refractivity contribution in [3.8, 4) is 5.75 Å². The molecule has 5 nitrogen and oxygen atoms in total. The summed E-state index contributed by atoms with van der Waals surface area (Å²) in [6.45, 7) is 5.05. The van der Waals surface area contributed by atoms with E-state index in [1.807, 2.05) is 38.6 Å². The van der Waals surface area contributed by atoms with Crippen molar-refractivity contribution in [3.63, 3.8) is 0 Å². The van der Waals surface area contributed by atoms with Gasteiger partial charge in [-0.15, -0.1) is 0 Å². The number of hydrogen-bond acceptors (Lipinski definition) is 4. The predicted octanol–water partition coefficient (Wildman–Crippen LogP) is 5.58. The first-order valence-corrected chi connectivity index (χ1v) is 12.4. The summed E-state index contributed by atoms with van der Waals surface area (Å²) < 4.78 is 19.7. The van der Waals surface area contributed by atoms with Crippen LogP contribution in [0.4, 0.5) is 4.39 Å². The molecule has 0 fully saturated rings. The maximum absolute atomic E-state index is 14.0. The number of aliphatic imine (C=N–C) groups is 1. The van der Waals surface area contributed by atoms with Gasteiger partial charge in [-0.1, -0.05) is 41.9 Å². The molecule has 0 atom stereocenters. The van der Waals surface area contributed by atoms with Crippen molar-refractivity contribution in [2.45, 2.75) is 33.0 Å². The molecule has 1 aliphatic heterocycles. The Balaban J connectivity index is 1.37. The number of amidine groups is 1. The van der Waals surface area contributed by atoms with Crippen LogP contribution in [-0.4, -0.2) is 31.4 Å². The molecular formula is C29H32ClFN4O. The summed E-state index contributed by atoms with van der Waals surface area (Å²) in [4.78, 5) is 6.89. The Kier molecular flexibility index (Phi) is 8.62. The second kappa shape index (κ2) is 12.1. The van der Waals surface area contributed by atoms with Crippen LogP contribution in [0.3, 0.4) is 0 Å². The van der Waals surface area contributed by atoms with E-state index in [9.17, 15) is 4.39 Å². The predicted molar refractivity (Wildman–Crippen MR) is 145 cm³/mol. The van der Waals surface area contributed by atoms with Crippen LogP contribution in [0.15, 0.2) is 72.0 Å². The Bertz CT molecular complexity index is 1240. The van der Waals surface area contributed by atoms with Crippen LogP contribution in [-0.2, 0) is 26.1 Å². The molecule has 3 aromatic rings. The van der Waals surface area contributed by atoms with Crippen LogP contribution in [0, 0.1) is 12.7 Å². The lowest BCUT2D eigenvalue weighted by Gasteiger charge is -2.30. The molecular weight excluding hydrogens is 475 g/mol. The molecule has 2 N–H and O–H groups in total. The number of halogens is 2. The summed E-state index contributed by atoms with van der Waals surface area (Å²) >= 11 is 6.09. The molecule has 0 aromatic heterocycles. The van der Waals surface area contributed by atoms with E-state index in [-0.39, 0.29) is 12.4 Å². The van der Waals surface area contributed by atoms with E-state index in [0.29, 0.717) is 16.3 Å². The molecule has 0 radical (unpaired) electrons. The van der Waals surface area contributed by atoms with E-state index in [0.717, 1.165) is 37.5 Å². The quantitative estimate of drug-likeness (QED) is 0.309.